The van der Waals surface area contributed by atoms with Crippen molar-refractivity contribution >= 4 is 17.9 Å². The van der Waals surface area contributed by atoms with Gasteiger partial charge in [-0.05, 0) is 64.7 Å². The first-order valence-corrected chi connectivity index (χ1v) is 12.0. The summed E-state index contributed by atoms with van der Waals surface area (Å²) in [5.74, 6) is 1.79. The zero-order chi connectivity index (χ0) is 26.1. The van der Waals surface area contributed by atoms with Crippen LogP contribution in [-0.2, 0) is 14.3 Å². The molecule has 0 bridgehead atoms. The normalized spacial score (nSPS) is 13.9. The Balaban J connectivity index is 3.46. The number of carbonyl (C=O) groups excluding carboxylic acids is 3. The Morgan fingerprint density at radius 2 is 1.65 bits per heavy atom. The van der Waals surface area contributed by atoms with E-state index in [0.717, 1.165) is 0 Å². The van der Waals surface area contributed by atoms with Crippen LogP contribution in [0.1, 0.15) is 85.4 Å². The fourth-order valence-corrected chi connectivity index (χ4v) is 3.50. The molecule has 2 N–H and O–H groups in total. The number of carbonyl (C=O) groups is 3. The molecule has 0 aromatic heterocycles. The molecule has 1 aromatic rings. The zero-order valence-corrected chi connectivity index (χ0v) is 21.9. The molecule has 34 heavy (non-hydrogen) atoms. The van der Waals surface area contributed by atoms with Gasteiger partial charge in [0, 0.05) is 18.2 Å². The molecular formula is C27H41N3O4. The van der Waals surface area contributed by atoms with E-state index in [2.05, 4.69) is 16.6 Å². The number of benzene rings is 1. The van der Waals surface area contributed by atoms with Crippen LogP contribution in [0.5, 0.6) is 0 Å². The lowest BCUT2D eigenvalue weighted by Gasteiger charge is -2.36. The molecule has 0 aliphatic carbocycles. The van der Waals surface area contributed by atoms with Crippen LogP contribution in [0, 0.1) is 18.3 Å². The molecule has 3 amide bonds. The SMILES string of the molecule is C#Cc1ccc(C(C(=O)NC(C)C)N(CCC)C(=O)C(NC(=O)OC(C)(C)C)C(C)CC)cc1. The second kappa shape index (κ2) is 13.0. The first-order chi connectivity index (χ1) is 15.8. The van der Waals surface area contributed by atoms with Crippen LogP contribution in [0.15, 0.2) is 24.3 Å². The summed E-state index contributed by atoms with van der Waals surface area (Å²) in [5.41, 5.74) is 0.637. The molecule has 0 heterocycles. The number of nitrogens with one attached hydrogen (secondary N) is 2. The number of nitrogens with zero attached hydrogens (tertiary/aromatic N) is 1. The highest BCUT2D eigenvalue weighted by Crippen LogP contribution is 2.25. The van der Waals surface area contributed by atoms with E-state index >= 15 is 0 Å². The molecule has 0 radical (unpaired) electrons. The van der Waals surface area contributed by atoms with Gasteiger partial charge in [-0.1, -0.05) is 45.2 Å². The lowest BCUT2D eigenvalue weighted by molar-refractivity contribution is -0.143. The molecule has 0 saturated heterocycles. The quantitative estimate of drug-likeness (QED) is 0.495. The number of alkyl carbamates (subject to hydrolysis) is 1. The van der Waals surface area contributed by atoms with Crippen molar-refractivity contribution in [1.29, 1.82) is 0 Å². The minimum atomic E-state index is -0.867. The molecule has 0 aliphatic rings. The van der Waals surface area contributed by atoms with Crippen molar-refractivity contribution < 1.29 is 19.1 Å². The third kappa shape index (κ3) is 8.74. The second-order valence-electron chi connectivity index (χ2n) is 9.87. The maximum atomic E-state index is 13.9. The molecule has 1 rings (SSSR count). The van der Waals surface area contributed by atoms with Gasteiger partial charge in [-0.3, -0.25) is 9.59 Å². The smallest absolute Gasteiger partial charge is 0.408 e. The van der Waals surface area contributed by atoms with E-state index in [4.69, 9.17) is 11.2 Å². The molecule has 1 aromatic carbocycles. The number of hydrogen-bond donors (Lipinski definition) is 2. The van der Waals surface area contributed by atoms with E-state index in [1.165, 1.54) is 0 Å². The summed E-state index contributed by atoms with van der Waals surface area (Å²) < 4.78 is 5.40. The van der Waals surface area contributed by atoms with Crippen LogP contribution in [0.4, 0.5) is 4.79 Å². The summed E-state index contributed by atoms with van der Waals surface area (Å²) in [4.78, 5) is 41.4. The highest BCUT2D eigenvalue weighted by atomic mass is 16.6. The number of hydrogen-bond acceptors (Lipinski definition) is 4. The maximum absolute atomic E-state index is 13.9. The van der Waals surface area contributed by atoms with Crippen LogP contribution >= 0.6 is 0 Å². The topological polar surface area (TPSA) is 87.7 Å². The van der Waals surface area contributed by atoms with Gasteiger partial charge in [-0.25, -0.2) is 4.79 Å². The van der Waals surface area contributed by atoms with Crippen molar-refractivity contribution in [2.75, 3.05) is 6.54 Å². The lowest BCUT2D eigenvalue weighted by Crippen LogP contribution is -2.55. The molecule has 7 nitrogen and oxygen atoms in total. The van der Waals surface area contributed by atoms with Gasteiger partial charge in [0.05, 0.1) is 0 Å². The third-order valence-electron chi connectivity index (χ3n) is 5.28. The summed E-state index contributed by atoms with van der Waals surface area (Å²) in [6.07, 6.45) is 6.12. The van der Waals surface area contributed by atoms with Crippen molar-refractivity contribution in [3.8, 4) is 12.3 Å². The Bertz CT molecular complexity index is 865. The van der Waals surface area contributed by atoms with E-state index in [0.29, 0.717) is 30.5 Å². The van der Waals surface area contributed by atoms with Crippen molar-refractivity contribution in [2.45, 2.75) is 92.0 Å². The van der Waals surface area contributed by atoms with Gasteiger partial charge < -0.3 is 20.3 Å². The number of terminal acetylenes is 1. The lowest BCUT2D eigenvalue weighted by atomic mass is 9.95. The Morgan fingerprint density at radius 1 is 1.06 bits per heavy atom. The van der Waals surface area contributed by atoms with E-state index in [-0.39, 0.29) is 23.8 Å². The second-order valence-corrected chi connectivity index (χ2v) is 9.87. The standard InChI is InChI=1S/C27H41N3O4/c1-10-17-30(25(32)22(19(6)11-2)29-26(33)34-27(7,8)9)23(24(31)28-18(4)5)21-15-13-20(12-3)14-16-21/h3,13-16,18-19,22-23H,10-11,17H2,1-2,4-9H3,(H,28,31)(H,29,33). The molecule has 7 heteroatoms. The average Bonchev–Trinajstić information content (AvgIpc) is 2.74. The van der Waals surface area contributed by atoms with Gasteiger partial charge in [0.15, 0.2) is 0 Å². The van der Waals surface area contributed by atoms with Gasteiger partial charge in [0.1, 0.15) is 17.7 Å². The summed E-state index contributed by atoms with van der Waals surface area (Å²) in [5, 5.41) is 5.69. The van der Waals surface area contributed by atoms with E-state index in [9.17, 15) is 14.4 Å². The van der Waals surface area contributed by atoms with E-state index in [1.54, 1.807) is 49.9 Å². The fourth-order valence-electron chi connectivity index (χ4n) is 3.50. The summed E-state index contributed by atoms with van der Waals surface area (Å²) in [6.45, 7) is 15.2. The van der Waals surface area contributed by atoms with Crippen molar-refractivity contribution in [1.82, 2.24) is 15.5 Å². The Kier molecular flexibility index (Phi) is 11.1. The summed E-state index contributed by atoms with van der Waals surface area (Å²) in [7, 11) is 0. The maximum Gasteiger partial charge on any atom is 0.408 e. The van der Waals surface area contributed by atoms with Gasteiger partial charge >= 0.3 is 6.09 Å². The fraction of sp³-hybridized carbons (Fsp3) is 0.593. The summed E-state index contributed by atoms with van der Waals surface area (Å²) >= 11 is 0. The Labute approximate surface area is 205 Å². The van der Waals surface area contributed by atoms with Crippen LogP contribution in [0.3, 0.4) is 0 Å². The van der Waals surface area contributed by atoms with Gasteiger partial charge in [-0.15, -0.1) is 6.42 Å². The van der Waals surface area contributed by atoms with Crippen molar-refractivity contribution in [3.05, 3.63) is 35.4 Å². The molecule has 0 saturated carbocycles. The minimum absolute atomic E-state index is 0.108. The van der Waals surface area contributed by atoms with Gasteiger partial charge in [0.2, 0.25) is 11.8 Å². The molecule has 0 spiro atoms. The Morgan fingerprint density at radius 3 is 2.09 bits per heavy atom. The third-order valence-corrected chi connectivity index (χ3v) is 5.28. The number of ether oxygens (including phenoxy) is 1. The first kappa shape index (κ1) is 29.0. The molecule has 0 fully saturated rings. The van der Waals surface area contributed by atoms with E-state index in [1.807, 2.05) is 34.6 Å². The van der Waals surface area contributed by atoms with Crippen molar-refractivity contribution in [3.63, 3.8) is 0 Å². The molecule has 3 atom stereocenters. The molecular weight excluding hydrogens is 430 g/mol. The predicted molar refractivity (Wildman–Crippen MR) is 135 cm³/mol. The first-order valence-electron chi connectivity index (χ1n) is 12.0. The molecule has 0 aliphatic heterocycles. The monoisotopic (exact) mass is 471 g/mol. The van der Waals surface area contributed by atoms with E-state index < -0.39 is 23.8 Å². The summed E-state index contributed by atoms with van der Waals surface area (Å²) in [6, 6.07) is 5.24. The zero-order valence-electron chi connectivity index (χ0n) is 21.9. The van der Waals surface area contributed by atoms with Gasteiger partial charge in [-0.2, -0.15) is 0 Å². The van der Waals surface area contributed by atoms with Crippen LogP contribution < -0.4 is 10.6 Å². The van der Waals surface area contributed by atoms with Gasteiger partial charge in [0.25, 0.3) is 0 Å². The predicted octanol–water partition coefficient (Wildman–Crippen LogP) is 4.41. The average molecular weight is 472 g/mol. The number of amides is 3. The van der Waals surface area contributed by atoms with Crippen LogP contribution in [-0.4, -0.2) is 47.0 Å². The molecule has 188 valence electrons. The van der Waals surface area contributed by atoms with Crippen LogP contribution in [0.2, 0.25) is 0 Å². The molecule has 3 unspecified atom stereocenters. The Hall–Kier alpha value is -3.01. The highest BCUT2D eigenvalue weighted by Gasteiger charge is 2.37. The van der Waals surface area contributed by atoms with Crippen LogP contribution in [0.25, 0.3) is 0 Å². The number of rotatable bonds is 10. The largest absolute Gasteiger partial charge is 0.444 e. The minimum Gasteiger partial charge on any atom is -0.444 e. The highest BCUT2D eigenvalue weighted by molar-refractivity contribution is 5.92. The van der Waals surface area contributed by atoms with Crippen molar-refractivity contribution in [2.24, 2.45) is 5.92 Å².